The SMILES string of the molecule is COc1ccc(-c2ccc(OCCCCCCCCCCCO)cc2)cc1. The van der Waals surface area contributed by atoms with Crippen molar-refractivity contribution in [2.24, 2.45) is 0 Å². The normalized spacial score (nSPS) is 10.7. The largest absolute Gasteiger partial charge is 0.497 e. The van der Waals surface area contributed by atoms with Gasteiger partial charge in [-0.1, -0.05) is 69.2 Å². The van der Waals surface area contributed by atoms with E-state index in [-0.39, 0.29) is 0 Å². The van der Waals surface area contributed by atoms with Crippen LogP contribution >= 0.6 is 0 Å². The zero-order valence-corrected chi connectivity index (χ0v) is 16.7. The van der Waals surface area contributed by atoms with Crippen LogP contribution in [0.25, 0.3) is 11.1 Å². The Bertz CT molecular complexity index is 605. The zero-order valence-electron chi connectivity index (χ0n) is 16.7. The maximum Gasteiger partial charge on any atom is 0.119 e. The third-order valence-electron chi connectivity index (χ3n) is 4.85. The number of aliphatic hydroxyl groups is 1. The molecular weight excluding hydrogens is 336 g/mol. The maximum absolute atomic E-state index is 8.74. The van der Waals surface area contributed by atoms with Gasteiger partial charge in [0.1, 0.15) is 11.5 Å². The van der Waals surface area contributed by atoms with E-state index in [9.17, 15) is 0 Å². The van der Waals surface area contributed by atoms with Gasteiger partial charge < -0.3 is 14.6 Å². The second-order valence-electron chi connectivity index (χ2n) is 7.01. The lowest BCUT2D eigenvalue weighted by Crippen LogP contribution is -1.97. The maximum atomic E-state index is 8.74. The minimum absolute atomic E-state index is 0.338. The number of unbranched alkanes of at least 4 members (excludes halogenated alkanes) is 8. The molecule has 2 aromatic rings. The van der Waals surface area contributed by atoms with E-state index in [2.05, 4.69) is 24.3 Å². The Labute approximate surface area is 164 Å². The van der Waals surface area contributed by atoms with Crippen LogP contribution in [0.15, 0.2) is 48.5 Å². The van der Waals surface area contributed by atoms with E-state index in [0.717, 1.165) is 30.9 Å². The predicted molar refractivity (Wildman–Crippen MR) is 113 cm³/mol. The smallest absolute Gasteiger partial charge is 0.119 e. The van der Waals surface area contributed by atoms with Crippen molar-refractivity contribution in [3.05, 3.63) is 48.5 Å². The van der Waals surface area contributed by atoms with E-state index >= 15 is 0 Å². The van der Waals surface area contributed by atoms with E-state index in [4.69, 9.17) is 14.6 Å². The first-order valence-electron chi connectivity index (χ1n) is 10.3. The van der Waals surface area contributed by atoms with Gasteiger partial charge >= 0.3 is 0 Å². The Morgan fingerprint density at radius 3 is 1.52 bits per heavy atom. The number of hydrogen-bond acceptors (Lipinski definition) is 3. The van der Waals surface area contributed by atoms with Crippen LogP contribution in [-0.4, -0.2) is 25.4 Å². The second-order valence-corrected chi connectivity index (χ2v) is 7.01. The molecule has 0 spiro atoms. The summed E-state index contributed by atoms with van der Waals surface area (Å²) in [5.41, 5.74) is 2.36. The molecule has 0 radical (unpaired) electrons. The predicted octanol–water partition coefficient (Wildman–Crippen LogP) is 6.24. The fourth-order valence-corrected chi connectivity index (χ4v) is 3.17. The Morgan fingerprint density at radius 2 is 1.04 bits per heavy atom. The molecule has 0 aliphatic heterocycles. The summed E-state index contributed by atoms with van der Waals surface area (Å²) in [4.78, 5) is 0. The van der Waals surface area contributed by atoms with Crippen molar-refractivity contribution in [2.75, 3.05) is 20.3 Å². The van der Waals surface area contributed by atoms with Crippen molar-refractivity contribution in [3.63, 3.8) is 0 Å². The van der Waals surface area contributed by atoms with Crippen LogP contribution in [-0.2, 0) is 0 Å². The van der Waals surface area contributed by atoms with Crippen molar-refractivity contribution < 1.29 is 14.6 Å². The van der Waals surface area contributed by atoms with Gasteiger partial charge in [0.05, 0.1) is 13.7 Å². The number of ether oxygens (including phenoxy) is 2. The Morgan fingerprint density at radius 1 is 0.593 bits per heavy atom. The quantitative estimate of drug-likeness (QED) is 0.400. The molecule has 3 heteroatoms. The summed E-state index contributed by atoms with van der Waals surface area (Å²) in [6.07, 6.45) is 11.0. The summed E-state index contributed by atoms with van der Waals surface area (Å²) in [6, 6.07) is 16.4. The molecule has 2 rings (SSSR count). The molecule has 0 aliphatic carbocycles. The third kappa shape index (κ3) is 8.49. The van der Waals surface area contributed by atoms with Crippen LogP contribution in [0.3, 0.4) is 0 Å². The van der Waals surface area contributed by atoms with Crippen LogP contribution in [0.4, 0.5) is 0 Å². The molecular formula is C24H34O3. The second kappa shape index (κ2) is 13.2. The van der Waals surface area contributed by atoms with Gasteiger partial charge in [-0.05, 0) is 48.2 Å². The Hall–Kier alpha value is -2.00. The van der Waals surface area contributed by atoms with Crippen LogP contribution in [0.5, 0.6) is 11.5 Å². The van der Waals surface area contributed by atoms with Crippen molar-refractivity contribution in [1.29, 1.82) is 0 Å². The van der Waals surface area contributed by atoms with Crippen molar-refractivity contribution in [1.82, 2.24) is 0 Å². The molecule has 0 aromatic heterocycles. The van der Waals surface area contributed by atoms with Gasteiger partial charge in [-0.3, -0.25) is 0 Å². The summed E-state index contributed by atoms with van der Waals surface area (Å²) >= 11 is 0. The Balaban J connectivity index is 1.56. The van der Waals surface area contributed by atoms with Gasteiger partial charge in [-0.15, -0.1) is 0 Å². The molecule has 0 aliphatic rings. The molecule has 0 heterocycles. The first-order valence-corrected chi connectivity index (χ1v) is 10.3. The van der Waals surface area contributed by atoms with Gasteiger partial charge in [0, 0.05) is 6.61 Å². The first kappa shape index (κ1) is 21.3. The lowest BCUT2D eigenvalue weighted by atomic mass is 10.1. The van der Waals surface area contributed by atoms with Gasteiger partial charge in [0.25, 0.3) is 0 Å². The summed E-state index contributed by atoms with van der Waals surface area (Å²) < 4.78 is 11.1. The molecule has 0 unspecified atom stereocenters. The molecule has 0 amide bonds. The minimum Gasteiger partial charge on any atom is -0.497 e. The van der Waals surface area contributed by atoms with Crippen LogP contribution < -0.4 is 9.47 Å². The highest BCUT2D eigenvalue weighted by Crippen LogP contribution is 2.24. The molecule has 0 atom stereocenters. The summed E-state index contributed by atoms with van der Waals surface area (Å²) in [5.74, 6) is 1.82. The summed E-state index contributed by atoms with van der Waals surface area (Å²) in [7, 11) is 1.68. The molecule has 1 N–H and O–H groups in total. The van der Waals surface area contributed by atoms with Gasteiger partial charge in [-0.2, -0.15) is 0 Å². The lowest BCUT2D eigenvalue weighted by Gasteiger charge is -2.08. The molecule has 27 heavy (non-hydrogen) atoms. The fourth-order valence-electron chi connectivity index (χ4n) is 3.17. The van der Waals surface area contributed by atoms with E-state index in [1.807, 2.05) is 24.3 Å². The average molecular weight is 371 g/mol. The number of benzene rings is 2. The number of aliphatic hydroxyl groups excluding tert-OH is 1. The highest BCUT2D eigenvalue weighted by molar-refractivity contribution is 5.64. The Kier molecular flexibility index (Phi) is 10.4. The van der Waals surface area contributed by atoms with Crippen LogP contribution in [0.1, 0.15) is 57.8 Å². The zero-order chi connectivity index (χ0) is 19.2. The molecule has 148 valence electrons. The van der Waals surface area contributed by atoms with Gasteiger partial charge in [-0.25, -0.2) is 0 Å². The molecule has 0 saturated heterocycles. The van der Waals surface area contributed by atoms with Crippen LogP contribution in [0, 0.1) is 0 Å². The number of methoxy groups -OCH3 is 1. The van der Waals surface area contributed by atoms with Crippen molar-refractivity contribution in [2.45, 2.75) is 57.8 Å². The highest BCUT2D eigenvalue weighted by Gasteiger charge is 2.00. The van der Waals surface area contributed by atoms with E-state index < -0.39 is 0 Å². The summed E-state index contributed by atoms with van der Waals surface area (Å²) in [5, 5.41) is 8.74. The molecule has 0 bridgehead atoms. The minimum atomic E-state index is 0.338. The standard InChI is InChI=1S/C24H34O3/c1-26-23-15-11-21(12-16-23)22-13-17-24(18-14-22)27-20-10-8-6-4-2-3-5-7-9-19-25/h11-18,25H,2-10,19-20H2,1H3. The highest BCUT2D eigenvalue weighted by atomic mass is 16.5. The van der Waals surface area contributed by atoms with E-state index in [1.165, 1.54) is 56.1 Å². The van der Waals surface area contributed by atoms with E-state index in [0.29, 0.717) is 6.61 Å². The third-order valence-corrected chi connectivity index (χ3v) is 4.85. The lowest BCUT2D eigenvalue weighted by molar-refractivity contribution is 0.282. The average Bonchev–Trinajstić information content (AvgIpc) is 2.72. The van der Waals surface area contributed by atoms with Crippen molar-refractivity contribution in [3.8, 4) is 22.6 Å². The number of hydrogen-bond donors (Lipinski definition) is 1. The van der Waals surface area contributed by atoms with Gasteiger partial charge in [0.15, 0.2) is 0 Å². The first-order chi connectivity index (χ1) is 13.3. The number of rotatable bonds is 14. The monoisotopic (exact) mass is 370 g/mol. The van der Waals surface area contributed by atoms with Crippen molar-refractivity contribution >= 4 is 0 Å². The molecule has 0 saturated carbocycles. The van der Waals surface area contributed by atoms with Crippen LogP contribution in [0.2, 0.25) is 0 Å². The molecule has 0 fully saturated rings. The van der Waals surface area contributed by atoms with E-state index in [1.54, 1.807) is 7.11 Å². The molecule has 2 aromatic carbocycles. The molecule has 3 nitrogen and oxygen atoms in total. The fraction of sp³-hybridized carbons (Fsp3) is 0.500. The van der Waals surface area contributed by atoms with Gasteiger partial charge in [0.2, 0.25) is 0 Å². The summed E-state index contributed by atoms with van der Waals surface area (Å²) in [6.45, 7) is 1.13. The topological polar surface area (TPSA) is 38.7 Å².